The third kappa shape index (κ3) is 3.47. The van der Waals surface area contributed by atoms with Crippen LogP contribution in [0.3, 0.4) is 0 Å². The van der Waals surface area contributed by atoms with Crippen molar-refractivity contribution in [2.24, 2.45) is 0 Å². The quantitative estimate of drug-likeness (QED) is 0.713. The van der Waals surface area contributed by atoms with Crippen LogP contribution in [-0.4, -0.2) is 47.7 Å². The molecule has 0 unspecified atom stereocenters. The van der Waals surface area contributed by atoms with Crippen molar-refractivity contribution in [2.45, 2.75) is 24.8 Å². The summed E-state index contributed by atoms with van der Waals surface area (Å²) in [6.45, 7) is 7.39. The third-order valence-electron chi connectivity index (χ3n) is 3.41. The Labute approximate surface area is 120 Å². The molecule has 1 aliphatic heterocycles. The van der Waals surface area contributed by atoms with Crippen LogP contribution in [0.25, 0.3) is 0 Å². The number of hydrogen-bond acceptors (Lipinski definition) is 3. The smallest absolute Gasteiger partial charge is 0.295 e. The molecule has 0 atom stereocenters. The van der Waals surface area contributed by atoms with Gasteiger partial charge in [0.1, 0.15) is 26.2 Å². The zero-order valence-electron chi connectivity index (χ0n) is 12.3. The lowest BCUT2D eigenvalue weighted by atomic mass is 10.3. The standard InChI is InChI=1S/C13H22N4O2S/c1-11(2)15-20(18,19)12-5-4-6-14-13(12)17-9-7-16(3)8-10-17/h4-6,11,15H,7-10H2,1-3H3/p+2. The summed E-state index contributed by atoms with van der Waals surface area (Å²) in [7, 11) is -1.33. The Bertz CT molecular complexity index is 551. The van der Waals surface area contributed by atoms with Gasteiger partial charge in [0.15, 0.2) is 4.90 Å². The van der Waals surface area contributed by atoms with Gasteiger partial charge in [-0.05, 0) is 26.0 Å². The molecule has 1 saturated heterocycles. The van der Waals surface area contributed by atoms with Crippen molar-refractivity contribution < 1.29 is 18.3 Å². The summed E-state index contributed by atoms with van der Waals surface area (Å²) in [4.78, 5) is 7.01. The van der Waals surface area contributed by atoms with Crippen LogP contribution < -0.4 is 19.5 Å². The molecule has 0 aromatic carbocycles. The normalized spacial score (nSPS) is 17.7. The molecule has 0 bridgehead atoms. The molecular weight excluding hydrogens is 276 g/mol. The average Bonchev–Trinajstić information content (AvgIpc) is 2.38. The minimum Gasteiger partial charge on any atom is -0.331 e. The van der Waals surface area contributed by atoms with Crippen LogP contribution in [0.4, 0.5) is 5.82 Å². The number of piperazine rings is 1. The molecule has 0 saturated carbocycles. The van der Waals surface area contributed by atoms with E-state index >= 15 is 0 Å². The van der Waals surface area contributed by atoms with Crippen molar-refractivity contribution >= 4 is 15.8 Å². The molecule has 112 valence electrons. The Hall–Kier alpha value is -1.18. The Balaban J connectivity index is 2.31. The van der Waals surface area contributed by atoms with Crippen LogP contribution in [0.15, 0.2) is 23.2 Å². The van der Waals surface area contributed by atoms with Crippen LogP contribution in [-0.2, 0) is 10.0 Å². The average molecular weight is 300 g/mol. The summed E-state index contributed by atoms with van der Waals surface area (Å²) in [6.07, 6.45) is 1.77. The molecule has 3 N–H and O–H groups in total. The molecule has 2 rings (SSSR count). The minimum absolute atomic E-state index is 0.120. The molecule has 20 heavy (non-hydrogen) atoms. The summed E-state index contributed by atoms with van der Waals surface area (Å²) in [6, 6.07) is 3.26. The number of nitrogens with one attached hydrogen (secondary N) is 3. The third-order valence-corrected chi connectivity index (χ3v) is 5.10. The fraction of sp³-hybridized carbons (Fsp3) is 0.615. The summed E-state index contributed by atoms with van der Waals surface area (Å²) in [5.74, 6) is 0.688. The molecule has 0 radical (unpaired) electrons. The van der Waals surface area contributed by atoms with E-state index in [-0.39, 0.29) is 6.04 Å². The summed E-state index contributed by atoms with van der Waals surface area (Å²) < 4.78 is 27.5. The summed E-state index contributed by atoms with van der Waals surface area (Å²) in [5.41, 5.74) is 0. The van der Waals surface area contributed by atoms with Crippen molar-refractivity contribution in [3.05, 3.63) is 18.3 Å². The topological polar surface area (TPSA) is 68.0 Å². The lowest BCUT2D eigenvalue weighted by molar-refractivity contribution is -0.880. The van der Waals surface area contributed by atoms with Gasteiger partial charge < -0.3 is 4.90 Å². The van der Waals surface area contributed by atoms with E-state index in [0.717, 1.165) is 26.2 Å². The first-order valence-electron chi connectivity index (χ1n) is 6.99. The fourth-order valence-corrected chi connectivity index (χ4v) is 3.81. The number of H-pyrrole nitrogens is 1. The highest BCUT2D eigenvalue weighted by atomic mass is 32.2. The molecular formula is C13H24N4O2S+2. The summed E-state index contributed by atoms with van der Waals surface area (Å²) in [5, 5.41) is 0. The highest BCUT2D eigenvalue weighted by Gasteiger charge is 2.31. The van der Waals surface area contributed by atoms with Gasteiger partial charge in [-0.15, -0.1) is 0 Å². The lowest BCUT2D eigenvalue weighted by Gasteiger charge is -2.26. The Morgan fingerprint density at radius 1 is 1.35 bits per heavy atom. The van der Waals surface area contributed by atoms with Crippen LogP contribution in [0.1, 0.15) is 13.8 Å². The molecule has 1 fully saturated rings. The van der Waals surface area contributed by atoms with Gasteiger partial charge in [0.2, 0.25) is 10.0 Å². The van der Waals surface area contributed by atoms with E-state index in [9.17, 15) is 8.42 Å². The van der Waals surface area contributed by atoms with Gasteiger partial charge in [0.05, 0.1) is 13.2 Å². The Kier molecular flexibility index (Phi) is 4.62. The van der Waals surface area contributed by atoms with Crippen LogP contribution in [0, 0.1) is 0 Å². The lowest BCUT2D eigenvalue weighted by Crippen LogP contribution is -3.12. The highest BCUT2D eigenvalue weighted by molar-refractivity contribution is 7.89. The Morgan fingerprint density at radius 3 is 2.60 bits per heavy atom. The first kappa shape index (κ1) is 15.2. The van der Waals surface area contributed by atoms with Crippen LogP contribution >= 0.6 is 0 Å². The zero-order chi connectivity index (χ0) is 14.8. The first-order valence-corrected chi connectivity index (χ1v) is 8.48. The number of sulfonamides is 1. The van der Waals surface area contributed by atoms with Gasteiger partial charge in [0.25, 0.3) is 5.82 Å². The number of anilines is 1. The van der Waals surface area contributed by atoms with Crippen LogP contribution in [0.2, 0.25) is 0 Å². The molecule has 0 aliphatic carbocycles. The van der Waals surface area contributed by atoms with Crippen molar-refractivity contribution in [3.63, 3.8) is 0 Å². The molecule has 1 aromatic rings. The number of aromatic nitrogens is 1. The van der Waals surface area contributed by atoms with Crippen LogP contribution in [0.5, 0.6) is 0 Å². The van der Waals surface area contributed by atoms with Gasteiger partial charge in [-0.3, -0.25) is 0 Å². The van der Waals surface area contributed by atoms with E-state index in [1.165, 1.54) is 4.90 Å². The molecule has 0 amide bonds. The van der Waals surface area contributed by atoms with Gasteiger partial charge >= 0.3 is 0 Å². The first-order chi connectivity index (χ1) is 9.40. The van der Waals surface area contributed by atoms with Gasteiger partial charge in [0, 0.05) is 6.04 Å². The highest BCUT2D eigenvalue weighted by Crippen LogP contribution is 2.19. The number of pyridine rings is 1. The second kappa shape index (κ2) is 6.07. The van der Waals surface area contributed by atoms with Crippen molar-refractivity contribution in [3.8, 4) is 0 Å². The number of nitrogens with zero attached hydrogens (tertiary/aromatic N) is 1. The number of likely N-dealkylation sites (N-methyl/N-ethyl adjacent to an activating group) is 1. The van der Waals surface area contributed by atoms with E-state index in [4.69, 9.17) is 0 Å². The molecule has 0 spiro atoms. The predicted molar refractivity (Wildman–Crippen MR) is 77.3 cm³/mol. The fourth-order valence-electron chi connectivity index (χ4n) is 2.36. The van der Waals surface area contributed by atoms with Crippen molar-refractivity contribution in [1.82, 2.24) is 4.72 Å². The number of rotatable bonds is 4. The zero-order valence-corrected chi connectivity index (χ0v) is 13.1. The second-order valence-electron chi connectivity index (χ2n) is 5.60. The van der Waals surface area contributed by atoms with E-state index in [0.29, 0.717) is 10.7 Å². The maximum absolute atomic E-state index is 12.4. The SMILES string of the molecule is CC(C)NS(=O)(=O)c1ccc[nH+]c1N1CC[NH+](C)CC1. The van der Waals surface area contributed by atoms with E-state index in [1.54, 1.807) is 18.3 Å². The Morgan fingerprint density at radius 2 is 2.00 bits per heavy atom. The van der Waals surface area contributed by atoms with Gasteiger partial charge in [-0.2, -0.15) is 0 Å². The maximum atomic E-state index is 12.4. The maximum Gasteiger partial charge on any atom is 0.295 e. The monoisotopic (exact) mass is 300 g/mol. The molecule has 1 aromatic heterocycles. The van der Waals surface area contributed by atoms with E-state index in [2.05, 4.69) is 21.7 Å². The molecule has 6 nitrogen and oxygen atoms in total. The summed E-state index contributed by atoms with van der Waals surface area (Å²) >= 11 is 0. The van der Waals surface area contributed by atoms with Gasteiger partial charge in [-0.25, -0.2) is 23.0 Å². The van der Waals surface area contributed by atoms with Crippen molar-refractivity contribution in [2.75, 3.05) is 38.1 Å². The largest absolute Gasteiger partial charge is 0.331 e. The molecule has 7 heteroatoms. The minimum atomic E-state index is -3.48. The number of hydrogen-bond donors (Lipinski definition) is 2. The molecule has 2 heterocycles. The second-order valence-corrected chi connectivity index (χ2v) is 7.29. The number of aromatic amines is 1. The van der Waals surface area contributed by atoms with E-state index in [1.807, 2.05) is 13.8 Å². The van der Waals surface area contributed by atoms with Gasteiger partial charge in [-0.1, -0.05) is 0 Å². The predicted octanol–water partition coefficient (Wildman–Crippen LogP) is -1.48. The van der Waals surface area contributed by atoms with Crippen molar-refractivity contribution in [1.29, 1.82) is 0 Å². The van der Waals surface area contributed by atoms with E-state index < -0.39 is 10.0 Å². The molecule has 1 aliphatic rings. The number of quaternary nitrogens is 1.